The standard InChI is InChI=1S/C13H23ClN2O2/c14-5-6-15-7-9-16(10-8-15)13(17)4-3-12-2-1-11-18-12/h12H,1-11H2. The van der Waals surface area contributed by atoms with Crippen LogP contribution in [0, 0.1) is 0 Å². The Kier molecular flexibility index (Phi) is 5.73. The molecule has 2 saturated heterocycles. The number of halogens is 1. The van der Waals surface area contributed by atoms with Crippen LogP contribution in [0.2, 0.25) is 0 Å². The number of nitrogens with zero attached hydrogens (tertiary/aromatic N) is 2. The molecule has 2 aliphatic rings. The Balaban J connectivity index is 1.64. The van der Waals surface area contributed by atoms with E-state index in [9.17, 15) is 4.79 Å². The van der Waals surface area contributed by atoms with Gasteiger partial charge in [0, 0.05) is 51.6 Å². The monoisotopic (exact) mass is 274 g/mol. The summed E-state index contributed by atoms with van der Waals surface area (Å²) in [5.41, 5.74) is 0. The molecule has 1 unspecified atom stereocenters. The molecule has 1 atom stereocenters. The fourth-order valence-electron chi connectivity index (χ4n) is 2.65. The highest BCUT2D eigenvalue weighted by molar-refractivity contribution is 6.18. The van der Waals surface area contributed by atoms with Crippen molar-refractivity contribution in [1.29, 1.82) is 0 Å². The molecule has 2 heterocycles. The number of ether oxygens (including phenoxy) is 1. The summed E-state index contributed by atoms with van der Waals surface area (Å²) in [7, 11) is 0. The molecule has 1 amide bonds. The summed E-state index contributed by atoms with van der Waals surface area (Å²) in [6.45, 7) is 5.41. The fourth-order valence-corrected chi connectivity index (χ4v) is 2.89. The van der Waals surface area contributed by atoms with Crippen molar-refractivity contribution >= 4 is 17.5 Å². The second-order valence-corrected chi connectivity index (χ2v) is 5.46. The predicted octanol–water partition coefficient (Wildman–Crippen LogP) is 1.33. The first-order chi connectivity index (χ1) is 8.79. The number of amides is 1. The van der Waals surface area contributed by atoms with E-state index in [1.807, 2.05) is 4.90 Å². The lowest BCUT2D eigenvalue weighted by Crippen LogP contribution is -2.49. The van der Waals surface area contributed by atoms with Gasteiger partial charge in [0.25, 0.3) is 0 Å². The molecule has 0 aromatic rings. The SMILES string of the molecule is O=C(CCC1CCCO1)N1CCN(CCCl)CC1. The van der Waals surface area contributed by atoms with Crippen molar-refractivity contribution in [2.45, 2.75) is 31.8 Å². The molecule has 0 aromatic carbocycles. The van der Waals surface area contributed by atoms with Gasteiger partial charge in [-0.3, -0.25) is 9.69 Å². The van der Waals surface area contributed by atoms with E-state index in [2.05, 4.69) is 4.90 Å². The van der Waals surface area contributed by atoms with Crippen LogP contribution in [-0.2, 0) is 9.53 Å². The number of hydrogen-bond acceptors (Lipinski definition) is 3. The molecule has 0 radical (unpaired) electrons. The Labute approximate surface area is 114 Å². The largest absolute Gasteiger partial charge is 0.378 e. The van der Waals surface area contributed by atoms with E-state index in [1.165, 1.54) is 0 Å². The Morgan fingerprint density at radius 3 is 2.67 bits per heavy atom. The van der Waals surface area contributed by atoms with Crippen LogP contribution in [0.25, 0.3) is 0 Å². The summed E-state index contributed by atoms with van der Waals surface area (Å²) < 4.78 is 5.55. The summed E-state index contributed by atoms with van der Waals surface area (Å²) in [6, 6.07) is 0. The molecule has 2 aliphatic heterocycles. The highest BCUT2D eigenvalue weighted by Crippen LogP contribution is 2.17. The third kappa shape index (κ3) is 4.11. The minimum absolute atomic E-state index is 0.288. The van der Waals surface area contributed by atoms with E-state index < -0.39 is 0 Å². The Hall–Kier alpha value is -0.320. The molecule has 0 bridgehead atoms. The molecule has 0 saturated carbocycles. The summed E-state index contributed by atoms with van der Waals surface area (Å²) in [5, 5.41) is 0. The molecular weight excluding hydrogens is 252 g/mol. The van der Waals surface area contributed by atoms with Crippen molar-refractivity contribution < 1.29 is 9.53 Å². The average Bonchev–Trinajstić information content (AvgIpc) is 2.90. The Morgan fingerprint density at radius 1 is 1.28 bits per heavy atom. The van der Waals surface area contributed by atoms with Crippen LogP contribution in [0.5, 0.6) is 0 Å². The maximum atomic E-state index is 12.0. The molecule has 104 valence electrons. The fraction of sp³-hybridized carbons (Fsp3) is 0.923. The lowest BCUT2D eigenvalue weighted by atomic mass is 10.1. The molecular formula is C13H23ClN2O2. The topological polar surface area (TPSA) is 32.8 Å². The van der Waals surface area contributed by atoms with Crippen LogP contribution < -0.4 is 0 Å². The zero-order valence-corrected chi connectivity index (χ0v) is 11.7. The number of rotatable bonds is 5. The molecule has 0 aromatic heterocycles. The molecule has 5 heteroatoms. The van der Waals surface area contributed by atoms with Crippen LogP contribution in [0.4, 0.5) is 0 Å². The van der Waals surface area contributed by atoms with Gasteiger partial charge in [0.05, 0.1) is 6.10 Å². The molecule has 0 aliphatic carbocycles. The molecule has 18 heavy (non-hydrogen) atoms. The zero-order chi connectivity index (χ0) is 12.8. The van der Waals surface area contributed by atoms with Gasteiger partial charge in [0.1, 0.15) is 0 Å². The molecule has 2 rings (SSSR count). The molecule has 0 N–H and O–H groups in total. The summed E-state index contributed by atoms with van der Waals surface area (Å²) in [6.07, 6.45) is 4.12. The van der Waals surface area contributed by atoms with E-state index in [-0.39, 0.29) is 5.91 Å². The minimum Gasteiger partial charge on any atom is -0.378 e. The van der Waals surface area contributed by atoms with Gasteiger partial charge in [-0.2, -0.15) is 0 Å². The van der Waals surface area contributed by atoms with Crippen LogP contribution in [0.15, 0.2) is 0 Å². The average molecular weight is 275 g/mol. The summed E-state index contributed by atoms with van der Waals surface area (Å²) in [4.78, 5) is 16.3. The second kappa shape index (κ2) is 7.31. The van der Waals surface area contributed by atoms with Gasteiger partial charge in [-0.1, -0.05) is 0 Å². The predicted molar refractivity (Wildman–Crippen MR) is 71.9 cm³/mol. The van der Waals surface area contributed by atoms with Crippen molar-refractivity contribution in [3.8, 4) is 0 Å². The van der Waals surface area contributed by atoms with Gasteiger partial charge in [-0.15, -0.1) is 11.6 Å². The van der Waals surface area contributed by atoms with Gasteiger partial charge in [0.2, 0.25) is 5.91 Å². The van der Waals surface area contributed by atoms with E-state index >= 15 is 0 Å². The van der Waals surface area contributed by atoms with Crippen molar-refractivity contribution in [3.63, 3.8) is 0 Å². The quantitative estimate of drug-likeness (QED) is 0.709. The van der Waals surface area contributed by atoms with E-state index in [1.54, 1.807) is 0 Å². The number of alkyl halides is 1. The number of carbonyl (C=O) groups excluding carboxylic acids is 1. The third-order valence-electron chi connectivity index (χ3n) is 3.83. The van der Waals surface area contributed by atoms with Gasteiger partial charge in [-0.25, -0.2) is 0 Å². The van der Waals surface area contributed by atoms with E-state index in [4.69, 9.17) is 16.3 Å². The molecule has 4 nitrogen and oxygen atoms in total. The van der Waals surface area contributed by atoms with Gasteiger partial charge >= 0.3 is 0 Å². The van der Waals surface area contributed by atoms with Gasteiger partial charge in [-0.05, 0) is 19.3 Å². The lowest BCUT2D eigenvalue weighted by Gasteiger charge is -2.34. The first-order valence-electron chi connectivity index (χ1n) is 6.97. The lowest BCUT2D eigenvalue weighted by molar-refractivity contribution is -0.133. The Morgan fingerprint density at radius 2 is 2.06 bits per heavy atom. The van der Waals surface area contributed by atoms with Gasteiger partial charge < -0.3 is 9.64 Å². The van der Waals surface area contributed by atoms with Crippen LogP contribution in [0.1, 0.15) is 25.7 Å². The number of piperazine rings is 1. The van der Waals surface area contributed by atoms with E-state index in [0.29, 0.717) is 18.4 Å². The Bertz CT molecular complexity index is 262. The van der Waals surface area contributed by atoms with Crippen LogP contribution >= 0.6 is 11.6 Å². The van der Waals surface area contributed by atoms with Crippen molar-refractivity contribution in [2.24, 2.45) is 0 Å². The van der Waals surface area contributed by atoms with Crippen molar-refractivity contribution in [2.75, 3.05) is 45.2 Å². The first-order valence-corrected chi connectivity index (χ1v) is 7.51. The van der Waals surface area contributed by atoms with Crippen LogP contribution in [0.3, 0.4) is 0 Å². The normalized spacial score (nSPS) is 25.6. The second-order valence-electron chi connectivity index (χ2n) is 5.09. The maximum Gasteiger partial charge on any atom is 0.222 e. The van der Waals surface area contributed by atoms with Crippen molar-refractivity contribution in [3.05, 3.63) is 0 Å². The zero-order valence-electron chi connectivity index (χ0n) is 10.9. The highest BCUT2D eigenvalue weighted by atomic mass is 35.5. The summed E-state index contributed by atoms with van der Waals surface area (Å²) in [5.74, 6) is 0.962. The number of hydrogen-bond donors (Lipinski definition) is 0. The van der Waals surface area contributed by atoms with Crippen LogP contribution in [-0.4, -0.2) is 67.0 Å². The smallest absolute Gasteiger partial charge is 0.222 e. The molecule has 0 spiro atoms. The van der Waals surface area contributed by atoms with Crippen molar-refractivity contribution in [1.82, 2.24) is 9.80 Å². The maximum absolute atomic E-state index is 12.0. The number of carbonyl (C=O) groups is 1. The molecule has 2 fully saturated rings. The van der Waals surface area contributed by atoms with Gasteiger partial charge in [0.15, 0.2) is 0 Å². The third-order valence-corrected chi connectivity index (χ3v) is 4.00. The summed E-state index contributed by atoms with van der Waals surface area (Å²) >= 11 is 5.72. The minimum atomic E-state index is 0.288. The first kappa shape index (κ1) is 14.1. The van der Waals surface area contributed by atoms with E-state index in [0.717, 1.165) is 58.6 Å². The highest BCUT2D eigenvalue weighted by Gasteiger charge is 2.22.